The molecule has 0 atom stereocenters. The fourth-order valence-corrected chi connectivity index (χ4v) is 3.01. The molecule has 0 aliphatic rings. The highest BCUT2D eigenvalue weighted by Crippen LogP contribution is 2.32. The maximum absolute atomic E-state index is 12.7. The van der Waals surface area contributed by atoms with Gasteiger partial charge in [0, 0.05) is 16.3 Å². The Balaban J connectivity index is 2.15. The van der Waals surface area contributed by atoms with E-state index in [2.05, 4.69) is 0 Å². The summed E-state index contributed by atoms with van der Waals surface area (Å²) < 4.78 is 38.0. The van der Waals surface area contributed by atoms with E-state index < -0.39 is 11.7 Å². The first kappa shape index (κ1) is 15.8. The van der Waals surface area contributed by atoms with Crippen LogP contribution in [0.4, 0.5) is 18.9 Å². The Morgan fingerprint density at radius 3 is 2.43 bits per heavy atom. The normalized spacial score (nSPS) is 11.7. The van der Waals surface area contributed by atoms with Gasteiger partial charge in [-0.15, -0.1) is 11.8 Å². The standard InChI is InChI=1S/C16H16F3NS/c1-10-7-15(11(2)6-14(10)20)21-9-12-4-3-5-13(8-12)16(17,18)19/h3-8H,9,20H2,1-2H3. The summed E-state index contributed by atoms with van der Waals surface area (Å²) in [6, 6.07) is 9.31. The predicted octanol–water partition coefficient (Wildman–Crippen LogP) is 5.20. The first-order valence-electron chi connectivity index (χ1n) is 6.43. The Hall–Kier alpha value is -1.62. The summed E-state index contributed by atoms with van der Waals surface area (Å²) in [7, 11) is 0. The van der Waals surface area contributed by atoms with Crippen LogP contribution >= 0.6 is 11.8 Å². The summed E-state index contributed by atoms with van der Waals surface area (Å²) in [6.07, 6.45) is -4.30. The Kier molecular flexibility index (Phi) is 4.52. The summed E-state index contributed by atoms with van der Waals surface area (Å²) >= 11 is 1.52. The van der Waals surface area contributed by atoms with Gasteiger partial charge in [0.25, 0.3) is 0 Å². The van der Waals surface area contributed by atoms with Gasteiger partial charge in [0.15, 0.2) is 0 Å². The third kappa shape index (κ3) is 3.94. The molecule has 2 aromatic rings. The second-order valence-electron chi connectivity index (χ2n) is 4.96. The van der Waals surface area contributed by atoms with E-state index in [0.717, 1.165) is 27.8 Å². The molecule has 0 aromatic heterocycles. The number of anilines is 1. The van der Waals surface area contributed by atoms with Gasteiger partial charge in [-0.3, -0.25) is 0 Å². The summed E-state index contributed by atoms with van der Waals surface area (Å²) in [5.74, 6) is 0.494. The van der Waals surface area contributed by atoms with E-state index in [0.29, 0.717) is 11.3 Å². The second-order valence-corrected chi connectivity index (χ2v) is 5.98. The molecule has 21 heavy (non-hydrogen) atoms. The van der Waals surface area contributed by atoms with Gasteiger partial charge >= 0.3 is 6.18 Å². The summed E-state index contributed by atoms with van der Waals surface area (Å²) in [5, 5.41) is 0. The van der Waals surface area contributed by atoms with Crippen molar-refractivity contribution in [3.8, 4) is 0 Å². The van der Waals surface area contributed by atoms with Crippen LogP contribution in [0.15, 0.2) is 41.3 Å². The maximum atomic E-state index is 12.7. The fourth-order valence-electron chi connectivity index (χ4n) is 1.97. The topological polar surface area (TPSA) is 26.0 Å². The van der Waals surface area contributed by atoms with Crippen LogP contribution in [0.1, 0.15) is 22.3 Å². The van der Waals surface area contributed by atoms with Gasteiger partial charge < -0.3 is 5.73 Å². The van der Waals surface area contributed by atoms with Crippen molar-refractivity contribution < 1.29 is 13.2 Å². The average molecular weight is 311 g/mol. The van der Waals surface area contributed by atoms with Crippen molar-refractivity contribution in [3.05, 3.63) is 58.7 Å². The molecule has 0 heterocycles. The predicted molar refractivity (Wildman–Crippen MR) is 81.3 cm³/mol. The van der Waals surface area contributed by atoms with Crippen molar-refractivity contribution >= 4 is 17.4 Å². The van der Waals surface area contributed by atoms with Gasteiger partial charge in [-0.1, -0.05) is 18.2 Å². The average Bonchev–Trinajstić information content (AvgIpc) is 2.41. The van der Waals surface area contributed by atoms with Crippen LogP contribution in [-0.2, 0) is 11.9 Å². The molecule has 0 saturated carbocycles. The Morgan fingerprint density at radius 1 is 1.05 bits per heavy atom. The molecule has 2 rings (SSSR count). The summed E-state index contributed by atoms with van der Waals surface area (Å²) in [6.45, 7) is 3.87. The molecule has 0 bridgehead atoms. The molecule has 0 aliphatic carbocycles. The summed E-state index contributed by atoms with van der Waals surface area (Å²) in [4.78, 5) is 1.04. The third-order valence-electron chi connectivity index (χ3n) is 3.21. The number of alkyl halides is 3. The van der Waals surface area contributed by atoms with Gasteiger partial charge in [0.05, 0.1) is 5.56 Å². The molecule has 1 nitrogen and oxygen atoms in total. The molecule has 0 unspecified atom stereocenters. The van der Waals surface area contributed by atoms with Crippen molar-refractivity contribution in [2.75, 3.05) is 5.73 Å². The number of hydrogen-bond donors (Lipinski definition) is 1. The van der Waals surface area contributed by atoms with E-state index in [1.807, 2.05) is 26.0 Å². The Bertz CT molecular complexity index is 650. The maximum Gasteiger partial charge on any atom is 0.416 e. The number of thioether (sulfide) groups is 1. The highest BCUT2D eigenvalue weighted by atomic mass is 32.2. The Morgan fingerprint density at radius 2 is 1.76 bits per heavy atom. The number of rotatable bonds is 3. The van der Waals surface area contributed by atoms with Crippen LogP contribution in [-0.4, -0.2) is 0 Å². The van der Waals surface area contributed by atoms with Gasteiger partial charge in [-0.2, -0.15) is 13.2 Å². The molecule has 0 aliphatic heterocycles. The zero-order valence-electron chi connectivity index (χ0n) is 11.8. The molecule has 112 valence electrons. The molecule has 0 spiro atoms. The van der Waals surface area contributed by atoms with E-state index in [4.69, 9.17) is 5.73 Å². The van der Waals surface area contributed by atoms with Crippen LogP contribution in [0.5, 0.6) is 0 Å². The Labute approximate surface area is 126 Å². The number of aryl methyl sites for hydroxylation is 2. The molecule has 0 saturated heterocycles. The minimum atomic E-state index is -4.30. The molecule has 5 heteroatoms. The molecular weight excluding hydrogens is 295 g/mol. The van der Waals surface area contributed by atoms with Crippen LogP contribution in [0.2, 0.25) is 0 Å². The van der Waals surface area contributed by atoms with Crippen molar-refractivity contribution in [2.24, 2.45) is 0 Å². The highest BCUT2D eigenvalue weighted by molar-refractivity contribution is 7.98. The SMILES string of the molecule is Cc1cc(SCc2cccc(C(F)(F)F)c2)c(C)cc1N. The molecular formula is C16H16F3NS. The highest BCUT2D eigenvalue weighted by Gasteiger charge is 2.30. The lowest BCUT2D eigenvalue weighted by molar-refractivity contribution is -0.137. The molecule has 2 N–H and O–H groups in total. The lowest BCUT2D eigenvalue weighted by Gasteiger charge is -2.11. The van der Waals surface area contributed by atoms with E-state index in [-0.39, 0.29) is 0 Å². The van der Waals surface area contributed by atoms with Crippen LogP contribution in [0.3, 0.4) is 0 Å². The van der Waals surface area contributed by atoms with E-state index in [1.54, 1.807) is 6.07 Å². The third-order valence-corrected chi connectivity index (χ3v) is 4.44. The molecule has 0 fully saturated rings. The first-order chi connectivity index (χ1) is 9.77. The molecule has 2 aromatic carbocycles. The van der Waals surface area contributed by atoms with Gasteiger partial charge in [0.2, 0.25) is 0 Å². The van der Waals surface area contributed by atoms with E-state index in [9.17, 15) is 13.2 Å². The van der Waals surface area contributed by atoms with Crippen LogP contribution in [0, 0.1) is 13.8 Å². The quantitative estimate of drug-likeness (QED) is 0.623. The monoisotopic (exact) mass is 311 g/mol. The first-order valence-corrected chi connectivity index (χ1v) is 7.41. The minimum Gasteiger partial charge on any atom is -0.399 e. The van der Waals surface area contributed by atoms with Crippen molar-refractivity contribution in [1.82, 2.24) is 0 Å². The van der Waals surface area contributed by atoms with Gasteiger partial charge in [0.1, 0.15) is 0 Å². The van der Waals surface area contributed by atoms with Crippen LogP contribution < -0.4 is 5.73 Å². The summed E-state index contributed by atoms with van der Waals surface area (Å²) in [5.41, 5.74) is 8.63. The molecule has 0 radical (unpaired) electrons. The van der Waals surface area contributed by atoms with Crippen molar-refractivity contribution in [2.45, 2.75) is 30.7 Å². The largest absolute Gasteiger partial charge is 0.416 e. The smallest absolute Gasteiger partial charge is 0.399 e. The van der Waals surface area contributed by atoms with Gasteiger partial charge in [-0.05, 0) is 48.7 Å². The molecule has 0 amide bonds. The zero-order chi connectivity index (χ0) is 15.6. The van der Waals surface area contributed by atoms with E-state index >= 15 is 0 Å². The number of benzene rings is 2. The van der Waals surface area contributed by atoms with Crippen LogP contribution in [0.25, 0.3) is 0 Å². The number of nitrogen functional groups attached to an aromatic ring is 1. The lowest BCUT2D eigenvalue weighted by Crippen LogP contribution is -2.04. The number of nitrogens with two attached hydrogens (primary N) is 1. The lowest BCUT2D eigenvalue weighted by atomic mass is 10.1. The number of halogens is 3. The zero-order valence-corrected chi connectivity index (χ0v) is 12.6. The van der Waals surface area contributed by atoms with Crippen molar-refractivity contribution in [1.29, 1.82) is 0 Å². The minimum absolute atomic E-state index is 0.494. The van der Waals surface area contributed by atoms with E-state index in [1.165, 1.54) is 23.9 Å². The fraction of sp³-hybridized carbons (Fsp3) is 0.250. The van der Waals surface area contributed by atoms with Crippen molar-refractivity contribution in [3.63, 3.8) is 0 Å². The number of hydrogen-bond acceptors (Lipinski definition) is 2. The van der Waals surface area contributed by atoms with Gasteiger partial charge in [-0.25, -0.2) is 0 Å². The second kappa shape index (κ2) is 6.02.